The van der Waals surface area contributed by atoms with Gasteiger partial charge in [-0.05, 0) is 31.2 Å². The summed E-state index contributed by atoms with van der Waals surface area (Å²) in [6, 6.07) is 0. The lowest BCUT2D eigenvalue weighted by atomic mass is 10.1. The Hall–Kier alpha value is -1.45. The van der Waals surface area contributed by atoms with Crippen LogP contribution in [0.5, 0.6) is 0 Å². The zero-order chi connectivity index (χ0) is 17.0. The minimum absolute atomic E-state index is 0.108. The van der Waals surface area contributed by atoms with Crippen molar-refractivity contribution in [3.8, 4) is 0 Å². The van der Waals surface area contributed by atoms with Gasteiger partial charge in [0.2, 0.25) is 5.91 Å². The Morgan fingerprint density at radius 1 is 1.08 bits per heavy atom. The molecule has 2 saturated heterocycles. The molecule has 0 aliphatic carbocycles. The van der Waals surface area contributed by atoms with E-state index in [0.717, 1.165) is 31.2 Å². The van der Waals surface area contributed by atoms with Gasteiger partial charge in [-0.15, -0.1) is 0 Å². The quantitative estimate of drug-likeness (QED) is 0.790. The number of piperazine rings is 1. The lowest BCUT2D eigenvalue weighted by molar-refractivity contribution is -0.132. The van der Waals surface area contributed by atoms with Gasteiger partial charge in [-0.25, -0.2) is 0 Å². The number of carbonyl (C=O) groups is 1. The summed E-state index contributed by atoms with van der Waals surface area (Å²) in [6.45, 7) is 3.00. The van der Waals surface area contributed by atoms with Crippen molar-refractivity contribution in [2.75, 3.05) is 39.3 Å². The van der Waals surface area contributed by atoms with Gasteiger partial charge in [-0.3, -0.25) is 9.89 Å². The zero-order valence-corrected chi connectivity index (χ0v) is 14.7. The number of nitrogens with zero attached hydrogens (tertiary/aromatic N) is 4. The third kappa shape index (κ3) is 3.96. The van der Waals surface area contributed by atoms with Gasteiger partial charge in [0.15, 0.2) is 0 Å². The van der Waals surface area contributed by atoms with E-state index in [0.29, 0.717) is 45.7 Å². The third-order valence-electron chi connectivity index (χ3n) is 4.72. The van der Waals surface area contributed by atoms with Gasteiger partial charge < -0.3 is 4.90 Å². The highest BCUT2D eigenvalue weighted by Crippen LogP contribution is 2.18. The molecule has 0 radical (unpaired) electrons. The second-order valence-corrected chi connectivity index (χ2v) is 8.28. The summed E-state index contributed by atoms with van der Waals surface area (Å²) in [5.41, 5.74) is 1.10. The fraction of sp³-hybridized carbons (Fsp3) is 0.733. The van der Waals surface area contributed by atoms with Crippen molar-refractivity contribution >= 4 is 16.1 Å². The van der Waals surface area contributed by atoms with Crippen molar-refractivity contribution in [3.05, 3.63) is 18.0 Å². The minimum atomic E-state index is -3.34. The summed E-state index contributed by atoms with van der Waals surface area (Å²) in [7, 11) is -3.34. The van der Waals surface area contributed by atoms with Crippen LogP contribution in [0.1, 0.15) is 31.2 Å². The summed E-state index contributed by atoms with van der Waals surface area (Å²) in [5, 5.41) is 6.65. The highest BCUT2D eigenvalue weighted by atomic mass is 32.2. The molecular weight excluding hydrogens is 330 g/mol. The first kappa shape index (κ1) is 17.4. The molecule has 9 heteroatoms. The van der Waals surface area contributed by atoms with Gasteiger partial charge in [-0.1, -0.05) is 0 Å². The molecule has 0 bridgehead atoms. The summed E-state index contributed by atoms with van der Waals surface area (Å²) in [6.07, 6.45) is 7.59. The molecule has 2 fully saturated rings. The van der Waals surface area contributed by atoms with Crippen LogP contribution in [0.4, 0.5) is 0 Å². The van der Waals surface area contributed by atoms with Crippen molar-refractivity contribution in [3.63, 3.8) is 0 Å². The molecule has 1 aromatic heterocycles. The largest absolute Gasteiger partial charge is 0.340 e. The SMILES string of the molecule is O=C(CCCc1cn[nH]c1)N1CCN(S(=O)(=O)N2CCCC2)CC1. The monoisotopic (exact) mass is 355 g/mol. The van der Waals surface area contributed by atoms with Crippen LogP contribution in [0.15, 0.2) is 12.4 Å². The smallest absolute Gasteiger partial charge is 0.282 e. The first-order valence-corrected chi connectivity index (χ1v) is 9.98. The Balaban J connectivity index is 1.43. The average molecular weight is 355 g/mol. The standard InChI is InChI=1S/C15H25N5O3S/c21-15(5-3-4-14-12-16-17-13-14)18-8-10-20(11-9-18)24(22,23)19-6-1-2-7-19/h12-13H,1-11H2,(H,16,17). The van der Waals surface area contributed by atoms with E-state index in [1.807, 2.05) is 6.20 Å². The summed E-state index contributed by atoms with van der Waals surface area (Å²) in [4.78, 5) is 14.0. The number of carbonyl (C=O) groups excluding carboxylic acids is 1. The number of aryl methyl sites for hydroxylation is 1. The molecule has 2 aliphatic rings. The van der Waals surface area contributed by atoms with Crippen LogP contribution in [0, 0.1) is 0 Å². The van der Waals surface area contributed by atoms with E-state index in [9.17, 15) is 13.2 Å². The van der Waals surface area contributed by atoms with E-state index in [1.165, 1.54) is 4.31 Å². The molecule has 0 saturated carbocycles. The van der Waals surface area contributed by atoms with Crippen LogP contribution in [0.3, 0.4) is 0 Å². The van der Waals surface area contributed by atoms with Crippen LogP contribution in [-0.2, 0) is 21.4 Å². The lowest BCUT2D eigenvalue weighted by Gasteiger charge is -2.35. The normalized spacial score (nSPS) is 20.6. The molecule has 2 aliphatic heterocycles. The van der Waals surface area contributed by atoms with Crippen LogP contribution in [-0.4, -0.2) is 77.3 Å². The van der Waals surface area contributed by atoms with Crippen LogP contribution in [0.2, 0.25) is 0 Å². The van der Waals surface area contributed by atoms with Crippen molar-refractivity contribution < 1.29 is 13.2 Å². The molecule has 134 valence electrons. The molecule has 1 amide bonds. The van der Waals surface area contributed by atoms with Gasteiger partial charge in [0.1, 0.15) is 0 Å². The van der Waals surface area contributed by atoms with E-state index >= 15 is 0 Å². The molecule has 1 aromatic rings. The van der Waals surface area contributed by atoms with E-state index in [1.54, 1.807) is 15.4 Å². The number of aromatic nitrogens is 2. The molecule has 0 unspecified atom stereocenters. The molecule has 1 N–H and O–H groups in total. The van der Waals surface area contributed by atoms with E-state index < -0.39 is 10.2 Å². The molecule has 3 rings (SSSR count). The number of amides is 1. The highest BCUT2D eigenvalue weighted by molar-refractivity contribution is 7.86. The molecular formula is C15H25N5O3S. The van der Waals surface area contributed by atoms with Gasteiger partial charge in [-0.2, -0.15) is 22.1 Å². The maximum atomic E-state index is 12.5. The second kappa shape index (κ2) is 7.62. The fourth-order valence-corrected chi connectivity index (χ4v) is 4.94. The van der Waals surface area contributed by atoms with Gasteiger partial charge >= 0.3 is 0 Å². The first-order chi connectivity index (χ1) is 11.6. The number of hydrogen-bond acceptors (Lipinski definition) is 4. The number of H-pyrrole nitrogens is 1. The molecule has 0 atom stereocenters. The maximum absolute atomic E-state index is 12.5. The van der Waals surface area contributed by atoms with Gasteiger partial charge in [0.25, 0.3) is 10.2 Å². The molecule has 24 heavy (non-hydrogen) atoms. The first-order valence-electron chi connectivity index (χ1n) is 8.58. The average Bonchev–Trinajstić information content (AvgIpc) is 3.29. The number of nitrogens with one attached hydrogen (secondary N) is 1. The Kier molecular flexibility index (Phi) is 5.52. The van der Waals surface area contributed by atoms with Crippen molar-refractivity contribution in [2.24, 2.45) is 0 Å². The molecule has 3 heterocycles. The number of aromatic amines is 1. The van der Waals surface area contributed by atoms with Crippen molar-refractivity contribution in [1.29, 1.82) is 0 Å². The Bertz CT molecular complexity index is 632. The molecule has 0 spiro atoms. The van der Waals surface area contributed by atoms with Crippen LogP contribution in [0.25, 0.3) is 0 Å². The van der Waals surface area contributed by atoms with E-state index in [-0.39, 0.29) is 5.91 Å². The Morgan fingerprint density at radius 2 is 1.75 bits per heavy atom. The second-order valence-electron chi connectivity index (χ2n) is 6.35. The number of rotatable bonds is 6. The van der Waals surface area contributed by atoms with Gasteiger partial charge in [0, 0.05) is 51.9 Å². The van der Waals surface area contributed by atoms with Crippen molar-refractivity contribution in [1.82, 2.24) is 23.7 Å². The fourth-order valence-electron chi connectivity index (χ4n) is 3.27. The predicted molar refractivity (Wildman–Crippen MR) is 89.4 cm³/mol. The molecule has 8 nitrogen and oxygen atoms in total. The highest BCUT2D eigenvalue weighted by Gasteiger charge is 2.34. The van der Waals surface area contributed by atoms with Crippen LogP contribution < -0.4 is 0 Å². The predicted octanol–water partition coefficient (Wildman–Crippen LogP) is 0.217. The third-order valence-corrected chi connectivity index (χ3v) is 6.76. The summed E-state index contributed by atoms with van der Waals surface area (Å²) >= 11 is 0. The lowest BCUT2D eigenvalue weighted by Crippen LogP contribution is -2.53. The maximum Gasteiger partial charge on any atom is 0.282 e. The summed E-state index contributed by atoms with van der Waals surface area (Å²) < 4.78 is 28.1. The molecule has 0 aromatic carbocycles. The van der Waals surface area contributed by atoms with Crippen molar-refractivity contribution in [2.45, 2.75) is 32.1 Å². The summed E-state index contributed by atoms with van der Waals surface area (Å²) in [5.74, 6) is 0.108. The van der Waals surface area contributed by atoms with Gasteiger partial charge in [0.05, 0.1) is 6.20 Å². The number of hydrogen-bond donors (Lipinski definition) is 1. The minimum Gasteiger partial charge on any atom is -0.340 e. The Morgan fingerprint density at radius 3 is 2.38 bits per heavy atom. The van der Waals surface area contributed by atoms with E-state index in [4.69, 9.17) is 0 Å². The Labute approximate surface area is 143 Å². The van der Waals surface area contributed by atoms with E-state index in [2.05, 4.69) is 10.2 Å². The van der Waals surface area contributed by atoms with Crippen LogP contribution >= 0.6 is 0 Å². The topological polar surface area (TPSA) is 89.6 Å². The zero-order valence-electron chi connectivity index (χ0n) is 13.9.